The third kappa shape index (κ3) is 3.66. The van der Waals surface area contributed by atoms with Crippen molar-refractivity contribution in [1.82, 2.24) is 9.97 Å². The quantitative estimate of drug-likeness (QED) is 0.597. The number of hydrogen-bond donors (Lipinski definition) is 3. The van der Waals surface area contributed by atoms with Crippen molar-refractivity contribution in [1.29, 1.82) is 0 Å². The zero-order chi connectivity index (χ0) is 15.6. The summed E-state index contributed by atoms with van der Waals surface area (Å²) in [5.74, 6) is 6.89. The van der Waals surface area contributed by atoms with Gasteiger partial charge in [0.15, 0.2) is 0 Å². The van der Waals surface area contributed by atoms with Gasteiger partial charge in [0.2, 0.25) is 0 Å². The number of benzene rings is 1. The minimum Gasteiger partial charge on any atom is -0.340 e. The molecular formula is C15H20FN5. The standard InChI is InChI=1S/C15H20FN5/c1-9-5-6-10(7-11(9)16)18-12-8-13(21-17)20-14(19-12)15(2,3)4/h5-8H,17H2,1-4H3,(H2,18,19,20,21). The number of nitrogens with zero attached hydrogens (tertiary/aromatic N) is 2. The summed E-state index contributed by atoms with van der Waals surface area (Å²) in [6, 6.07) is 6.62. The van der Waals surface area contributed by atoms with Gasteiger partial charge in [-0.05, 0) is 24.6 Å². The molecule has 0 fully saturated rings. The second-order valence-electron chi connectivity index (χ2n) is 5.95. The highest BCUT2D eigenvalue weighted by molar-refractivity contribution is 5.59. The topological polar surface area (TPSA) is 75.9 Å². The number of hydrogen-bond acceptors (Lipinski definition) is 5. The van der Waals surface area contributed by atoms with Crippen LogP contribution in [0.15, 0.2) is 24.3 Å². The van der Waals surface area contributed by atoms with Crippen LogP contribution in [-0.4, -0.2) is 9.97 Å². The Morgan fingerprint density at radius 3 is 2.33 bits per heavy atom. The Balaban J connectivity index is 2.36. The van der Waals surface area contributed by atoms with E-state index in [2.05, 4.69) is 20.7 Å². The van der Waals surface area contributed by atoms with Gasteiger partial charge in [-0.25, -0.2) is 20.2 Å². The number of halogens is 1. The van der Waals surface area contributed by atoms with E-state index in [1.165, 1.54) is 6.07 Å². The summed E-state index contributed by atoms with van der Waals surface area (Å²) in [6.45, 7) is 7.76. The third-order valence-electron chi connectivity index (χ3n) is 2.99. The smallest absolute Gasteiger partial charge is 0.145 e. The molecule has 0 aliphatic rings. The van der Waals surface area contributed by atoms with Crippen LogP contribution >= 0.6 is 0 Å². The summed E-state index contributed by atoms with van der Waals surface area (Å²) in [5, 5.41) is 3.07. The fraction of sp³-hybridized carbons (Fsp3) is 0.333. The molecule has 1 aromatic heterocycles. The van der Waals surface area contributed by atoms with Crippen LogP contribution in [0, 0.1) is 12.7 Å². The third-order valence-corrected chi connectivity index (χ3v) is 2.99. The minimum atomic E-state index is -0.262. The Hall–Kier alpha value is -2.21. The van der Waals surface area contributed by atoms with E-state index >= 15 is 0 Å². The van der Waals surface area contributed by atoms with Gasteiger partial charge in [-0.15, -0.1) is 0 Å². The largest absolute Gasteiger partial charge is 0.340 e. The molecule has 5 nitrogen and oxygen atoms in total. The Kier molecular flexibility index (Phi) is 4.09. The van der Waals surface area contributed by atoms with Crippen molar-refractivity contribution in [3.05, 3.63) is 41.5 Å². The summed E-state index contributed by atoms with van der Waals surface area (Å²) in [4.78, 5) is 8.79. The molecule has 0 saturated carbocycles. The molecule has 21 heavy (non-hydrogen) atoms. The predicted octanol–water partition coefficient (Wildman–Crippen LogP) is 3.25. The highest BCUT2D eigenvalue weighted by Gasteiger charge is 2.19. The van der Waals surface area contributed by atoms with Gasteiger partial charge in [-0.2, -0.15) is 0 Å². The van der Waals surface area contributed by atoms with Crippen LogP contribution in [-0.2, 0) is 5.41 Å². The van der Waals surface area contributed by atoms with Gasteiger partial charge in [0.05, 0.1) is 0 Å². The van der Waals surface area contributed by atoms with Crippen molar-refractivity contribution in [3.8, 4) is 0 Å². The molecule has 0 spiro atoms. The van der Waals surface area contributed by atoms with E-state index < -0.39 is 0 Å². The molecule has 0 saturated heterocycles. The summed E-state index contributed by atoms with van der Waals surface area (Å²) in [5.41, 5.74) is 3.53. The Morgan fingerprint density at radius 2 is 1.76 bits per heavy atom. The van der Waals surface area contributed by atoms with E-state index in [-0.39, 0.29) is 11.2 Å². The number of aromatic nitrogens is 2. The zero-order valence-corrected chi connectivity index (χ0v) is 12.7. The Labute approximate surface area is 123 Å². The molecule has 6 heteroatoms. The van der Waals surface area contributed by atoms with Gasteiger partial charge in [-0.3, -0.25) is 0 Å². The first kappa shape index (κ1) is 15.2. The van der Waals surface area contributed by atoms with E-state index in [1.807, 2.05) is 20.8 Å². The van der Waals surface area contributed by atoms with Gasteiger partial charge in [0.1, 0.15) is 23.3 Å². The van der Waals surface area contributed by atoms with Crippen LogP contribution < -0.4 is 16.6 Å². The number of nitrogens with two attached hydrogens (primary N) is 1. The van der Waals surface area contributed by atoms with E-state index in [9.17, 15) is 4.39 Å². The maximum atomic E-state index is 13.6. The van der Waals surface area contributed by atoms with Crippen LogP contribution in [0.4, 0.5) is 21.7 Å². The summed E-state index contributed by atoms with van der Waals surface area (Å²) < 4.78 is 13.6. The fourth-order valence-electron chi connectivity index (χ4n) is 1.74. The molecule has 2 rings (SSSR count). The first-order chi connectivity index (χ1) is 9.79. The molecule has 112 valence electrons. The number of nitrogen functional groups attached to an aromatic ring is 1. The maximum absolute atomic E-state index is 13.6. The van der Waals surface area contributed by atoms with E-state index in [1.54, 1.807) is 25.1 Å². The molecule has 1 aromatic carbocycles. The van der Waals surface area contributed by atoms with Crippen molar-refractivity contribution in [2.75, 3.05) is 10.7 Å². The summed E-state index contributed by atoms with van der Waals surface area (Å²) >= 11 is 0. The second kappa shape index (κ2) is 5.65. The molecule has 0 aliphatic heterocycles. The van der Waals surface area contributed by atoms with Gasteiger partial charge in [0, 0.05) is 17.2 Å². The predicted molar refractivity (Wildman–Crippen MR) is 83.0 cm³/mol. The van der Waals surface area contributed by atoms with Gasteiger partial charge < -0.3 is 10.7 Å². The molecule has 0 amide bonds. The van der Waals surface area contributed by atoms with Gasteiger partial charge >= 0.3 is 0 Å². The lowest BCUT2D eigenvalue weighted by molar-refractivity contribution is 0.547. The monoisotopic (exact) mass is 289 g/mol. The zero-order valence-electron chi connectivity index (χ0n) is 12.7. The first-order valence-corrected chi connectivity index (χ1v) is 6.69. The van der Waals surface area contributed by atoms with Crippen LogP contribution in [0.5, 0.6) is 0 Å². The normalized spacial score (nSPS) is 11.3. The minimum absolute atomic E-state index is 0.220. The highest BCUT2D eigenvalue weighted by atomic mass is 19.1. The van der Waals surface area contributed by atoms with Crippen molar-refractivity contribution in [2.45, 2.75) is 33.1 Å². The molecule has 0 atom stereocenters. The van der Waals surface area contributed by atoms with E-state index in [0.717, 1.165) is 0 Å². The van der Waals surface area contributed by atoms with Crippen molar-refractivity contribution in [2.24, 2.45) is 5.84 Å². The van der Waals surface area contributed by atoms with Crippen molar-refractivity contribution >= 4 is 17.3 Å². The first-order valence-electron chi connectivity index (χ1n) is 6.69. The lowest BCUT2D eigenvalue weighted by Gasteiger charge is -2.18. The van der Waals surface area contributed by atoms with Gasteiger partial charge in [0.25, 0.3) is 0 Å². The fourth-order valence-corrected chi connectivity index (χ4v) is 1.74. The van der Waals surface area contributed by atoms with Crippen LogP contribution in [0.25, 0.3) is 0 Å². The van der Waals surface area contributed by atoms with Crippen LogP contribution in [0.2, 0.25) is 0 Å². The number of anilines is 3. The molecule has 2 aromatic rings. The second-order valence-corrected chi connectivity index (χ2v) is 5.95. The molecular weight excluding hydrogens is 269 g/mol. The molecule has 4 N–H and O–H groups in total. The lowest BCUT2D eigenvalue weighted by Crippen LogP contribution is -2.19. The Morgan fingerprint density at radius 1 is 1.10 bits per heavy atom. The molecule has 0 radical (unpaired) electrons. The molecule has 0 bridgehead atoms. The lowest BCUT2D eigenvalue weighted by atomic mass is 9.96. The maximum Gasteiger partial charge on any atom is 0.145 e. The average Bonchev–Trinajstić information content (AvgIpc) is 2.41. The van der Waals surface area contributed by atoms with Crippen molar-refractivity contribution < 1.29 is 4.39 Å². The van der Waals surface area contributed by atoms with Crippen LogP contribution in [0.3, 0.4) is 0 Å². The van der Waals surface area contributed by atoms with Crippen molar-refractivity contribution in [3.63, 3.8) is 0 Å². The number of hydrazine groups is 1. The van der Waals surface area contributed by atoms with E-state index in [4.69, 9.17) is 5.84 Å². The number of aryl methyl sites for hydroxylation is 1. The summed E-state index contributed by atoms with van der Waals surface area (Å²) in [6.07, 6.45) is 0. The molecule has 1 heterocycles. The highest BCUT2D eigenvalue weighted by Crippen LogP contribution is 2.24. The van der Waals surface area contributed by atoms with Gasteiger partial charge in [-0.1, -0.05) is 26.8 Å². The molecule has 0 aliphatic carbocycles. The average molecular weight is 289 g/mol. The number of nitrogens with one attached hydrogen (secondary N) is 2. The SMILES string of the molecule is Cc1ccc(Nc2cc(NN)nc(C(C)(C)C)n2)cc1F. The summed E-state index contributed by atoms with van der Waals surface area (Å²) in [7, 11) is 0. The molecule has 0 unspecified atom stereocenters. The van der Waals surface area contributed by atoms with Crippen LogP contribution in [0.1, 0.15) is 32.2 Å². The van der Waals surface area contributed by atoms with E-state index in [0.29, 0.717) is 28.7 Å². The Bertz CT molecular complexity index is 649. The number of rotatable bonds is 3.